The standard InChI is InChI=1S/C17H23F3N4O2S/c1-5-6-11-24(16(27-4)22-14(25)23(2)3)15(26)21-13-9-7-12(8-10-13)17(18,19)20/h7-10H,5-6,11H2,1-4H3,(H,21,26). The van der Waals surface area contributed by atoms with Crippen LogP contribution in [0.4, 0.5) is 28.4 Å². The van der Waals surface area contributed by atoms with Crippen molar-refractivity contribution < 1.29 is 22.8 Å². The minimum Gasteiger partial charge on any atom is -0.329 e. The molecule has 6 nitrogen and oxygen atoms in total. The number of benzene rings is 1. The number of halogens is 3. The summed E-state index contributed by atoms with van der Waals surface area (Å²) in [5, 5.41) is 2.76. The van der Waals surface area contributed by atoms with Crippen molar-refractivity contribution in [2.24, 2.45) is 4.99 Å². The first-order chi connectivity index (χ1) is 12.6. The minimum atomic E-state index is -4.44. The van der Waals surface area contributed by atoms with Gasteiger partial charge in [0.15, 0.2) is 5.17 Å². The van der Waals surface area contributed by atoms with Crippen molar-refractivity contribution in [1.82, 2.24) is 9.80 Å². The number of anilines is 1. The molecule has 0 aliphatic carbocycles. The molecule has 1 aromatic rings. The number of amides is 4. The minimum absolute atomic E-state index is 0.214. The van der Waals surface area contributed by atoms with E-state index >= 15 is 0 Å². The monoisotopic (exact) mass is 404 g/mol. The third-order valence-electron chi connectivity index (χ3n) is 3.43. The Balaban J connectivity index is 3.02. The predicted octanol–water partition coefficient (Wildman–Crippen LogP) is 4.74. The molecule has 0 saturated heterocycles. The Morgan fingerprint density at radius 3 is 2.22 bits per heavy atom. The molecule has 27 heavy (non-hydrogen) atoms. The molecule has 0 bridgehead atoms. The molecule has 0 unspecified atom stereocenters. The molecule has 150 valence electrons. The van der Waals surface area contributed by atoms with Gasteiger partial charge in [0.1, 0.15) is 0 Å². The number of alkyl halides is 3. The first kappa shape index (κ1) is 22.8. The average Bonchev–Trinajstić information content (AvgIpc) is 2.60. The van der Waals surface area contributed by atoms with Crippen LogP contribution in [0.1, 0.15) is 25.3 Å². The predicted molar refractivity (Wildman–Crippen MR) is 102 cm³/mol. The first-order valence-electron chi connectivity index (χ1n) is 8.19. The molecule has 0 aliphatic heterocycles. The topological polar surface area (TPSA) is 65.0 Å². The van der Waals surface area contributed by atoms with E-state index in [4.69, 9.17) is 0 Å². The van der Waals surface area contributed by atoms with E-state index in [1.165, 1.54) is 21.9 Å². The number of carbonyl (C=O) groups is 2. The highest BCUT2D eigenvalue weighted by atomic mass is 32.2. The molecule has 4 amide bonds. The number of rotatable bonds is 4. The number of urea groups is 2. The molecule has 1 N–H and O–H groups in total. The molecule has 0 aliphatic rings. The molecule has 0 saturated carbocycles. The fourth-order valence-electron chi connectivity index (χ4n) is 1.93. The van der Waals surface area contributed by atoms with Gasteiger partial charge in [-0.05, 0) is 36.9 Å². The van der Waals surface area contributed by atoms with Crippen molar-refractivity contribution >= 4 is 34.7 Å². The number of thioether (sulfide) groups is 1. The first-order valence-corrected chi connectivity index (χ1v) is 9.42. The van der Waals surface area contributed by atoms with Crippen molar-refractivity contribution in [3.8, 4) is 0 Å². The fourth-order valence-corrected chi connectivity index (χ4v) is 2.50. The zero-order valence-electron chi connectivity index (χ0n) is 15.6. The van der Waals surface area contributed by atoms with E-state index in [1.807, 2.05) is 6.92 Å². The Kier molecular flexibility index (Phi) is 8.61. The summed E-state index contributed by atoms with van der Waals surface area (Å²) >= 11 is 1.14. The van der Waals surface area contributed by atoms with Gasteiger partial charge in [-0.25, -0.2) is 9.59 Å². The van der Waals surface area contributed by atoms with E-state index in [0.29, 0.717) is 13.0 Å². The lowest BCUT2D eigenvalue weighted by Gasteiger charge is -2.23. The van der Waals surface area contributed by atoms with Crippen molar-refractivity contribution in [1.29, 1.82) is 0 Å². The number of hydrogen-bond donors (Lipinski definition) is 1. The van der Waals surface area contributed by atoms with E-state index < -0.39 is 23.8 Å². The third-order valence-corrected chi connectivity index (χ3v) is 4.11. The summed E-state index contributed by atoms with van der Waals surface area (Å²) in [6, 6.07) is 3.07. The van der Waals surface area contributed by atoms with Crippen LogP contribution in [0.2, 0.25) is 0 Å². The van der Waals surface area contributed by atoms with Crippen LogP contribution in [0.5, 0.6) is 0 Å². The second-order valence-corrected chi connectivity index (χ2v) is 6.56. The second kappa shape index (κ2) is 10.2. The van der Waals surface area contributed by atoms with E-state index in [0.717, 1.165) is 30.3 Å². The molecule has 1 rings (SSSR count). The molecule has 0 fully saturated rings. The Labute approximate surface area is 160 Å². The van der Waals surface area contributed by atoms with Crippen LogP contribution in [-0.4, -0.2) is 53.9 Å². The summed E-state index contributed by atoms with van der Waals surface area (Å²) < 4.78 is 37.9. The van der Waals surface area contributed by atoms with Crippen molar-refractivity contribution in [3.63, 3.8) is 0 Å². The van der Waals surface area contributed by atoms with Gasteiger partial charge in [-0.2, -0.15) is 18.2 Å². The summed E-state index contributed by atoms with van der Waals surface area (Å²) in [6.45, 7) is 2.27. The molecule has 0 aromatic heterocycles. The molecule has 0 spiro atoms. The number of hydrogen-bond acceptors (Lipinski definition) is 3. The lowest BCUT2D eigenvalue weighted by molar-refractivity contribution is -0.137. The van der Waals surface area contributed by atoms with Crippen molar-refractivity contribution in [2.75, 3.05) is 32.2 Å². The van der Waals surface area contributed by atoms with Gasteiger partial charge in [0.05, 0.1) is 5.56 Å². The SMILES string of the molecule is CCCCN(C(=O)Nc1ccc(C(F)(F)F)cc1)C(=NC(=O)N(C)C)SC. The summed E-state index contributed by atoms with van der Waals surface area (Å²) in [5.41, 5.74) is -0.583. The van der Waals surface area contributed by atoms with Crippen LogP contribution in [0, 0.1) is 0 Å². The summed E-state index contributed by atoms with van der Waals surface area (Å²) in [6.07, 6.45) is -1.27. The second-order valence-electron chi connectivity index (χ2n) is 5.79. The molecule has 1 aromatic carbocycles. The Morgan fingerprint density at radius 2 is 1.78 bits per heavy atom. The summed E-state index contributed by atoms with van der Waals surface area (Å²) in [4.78, 5) is 31.0. The van der Waals surface area contributed by atoms with Crippen LogP contribution in [0.15, 0.2) is 29.3 Å². The van der Waals surface area contributed by atoms with E-state index in [2.05, 4.69) is 10.3 Å². The van der Waals surface area contributed by atoms with Crippen LogP contribution in [-0.2, 0) is 6.18 Å². The number of carbonyl (C=O) groups excluding carboxylic acids is 2. The van der Waals surface area contributed by atoms with E-state index in [1.54, 1.807) is 20.4 Å². The highest BCUT2D eigenvalue weighted by molar-refractivity contribution is 8.13. The van der Waals surface area contributed by atoms with Crippen molar-refractivity contribution in [3.05, 3.63) is 29.8 Å². The normalized spacial score (nSPS) is 11.9. The van der Waals surface area contributed by atoms with Crippen LogP contribution in [0.3, 0.4) is 0 Å². The number of unbranched alkanes of at least 4 members (excludes halogenated alkanes) is 1. The maximum absolute atomic E-state index is 12.6. The highest BCUT2D eigenvalue weighted by Gasteiger charge is 2.30. The van der Waals surface area contributed by atoms with E-state index in [-0.39, 0.29) is 10.9 Å². The quantitative estimate of drug-likeness (QED) is 0.582. The van der Waals surface area contributed by atoms with Gasteiger partial charge in [-0.3, -0.25) is 4.90 Å². The number of nitrogens with one attached hydrogen (secondary N) is 1. The Hall–Kier alpha value is -2.23. The van der Waals surface area contributed by atoms with Crippen LogP contribution in [0.25, 0.3) is 0 Å². The van der Waals surface area contributed by atoms with E-state index in [9.17, 15) is 22.8 Å². The van der Waals surface area contributed by atoms with Crippen LogP contribution >= 0.6 is 11.8 Å². The van der Waals surface area contributed by atoms with Gasteiger partial charge in [-0.1, -0.05) is 25.1 Å². The highest BCUT2D eigenvalue weighted by Crippen LogP contribution is 2.29. The van der Waals surface area contributed by atoms with Crippen LogP contribution < -0.4 is 5.32 Å². The maximum atomic E-state index is 12.6. The summed E-state index contributed by atoms with van der Waals surface area (Å²) in [7, 11) is 3.09. The molecule has 10 heteroatoms. The largest absolute Gasteiger partial charge is 0.416 e. The molecule has 0 atom stereocenters. The van der Waals surface area contributed by atoms with Gasteiger partial charge < -0.3 is 10.2 Å². The van der Waals surface area contributed by atoms with Gasteiger partial charge in [0.25, 0.3) is 0 Å². The van der Waals surface area contributed by atoms with Gasteiger partial charge in [0, 0.05) is 26.3 Å². The number of aliphatic imine (C=N–C) groups is 1. The van der Waals surface area contributed by atoms with Gasteiger partial charge in [-0.15, -0.1) is 0 Å². The molecular weight excluding hydrogens is 381 g/mol. The molecule has 0 heterocycles. The third kappa shape index (κ3) is 7.12. The zero-order valence-corrected chi connectivity index (χ0v) is 16.4. The van der Waals surface area contributed by atoms with Gasteiger partial charge >= 0.3 is 18.2 Å². The zero-order chi connectivity index (χ0) is 20.6. The summed E-state index contributed by atoms with van der Waals surface area (Å²) in [5.74, 6) is 0. The Morgan fingerprint density at radius 1 is 1.19 bits per heavy atom. The fraction of sp³-hybridized carbons (Fsp3) is 0.471. The molecular formula is C17H23F3N4O2S. The average molecular weight is 404 g/mol. The lowest BCUT2D eigenvalue weighted by Crippen LogP contribution is -2.40. The number of amidine groups is 1. The Bertz CT molecular complexity index is 676. The molecule has 0 radical (unpaired) electrons. The maximum Gasteiger partial charge on any atom is 0.416 e. The van der Waals surface area contributed by atoms with Crippen molar-refractivity contribution in [2.45, 2.75) is 25.9 Å². The smallest absolute Gasteiger partial charge is 0.329 e. The van der Waals surface area contributed by atoms with Gasteiger partial charge in [0.2, 0.25) is 0 Å². The number of nitrogens with zero attached hydrogens (tertiary/aromatic N) is 3. The lowest BCUT2D eigenvalue weighted by atomic mass is 10.2.